The summed E-state index contributed by atoms with van der Waals surface area (Å²) >= 11 is 0. The molecule has 0 spiro atoms. The predicted octanol–water partition coefficient (Wildman–Crippen LogP) is 4.39. The van der Waals surface area contributed by atoms with Crippen LogP contribution >= 0.6 is 0 Å². The summed E-state index contributed by atoms with van der Waals surface area (Å²) < 4.78 is 0. The number of aromatic hydroxyl groups is 1. The number of phenols is 1. The molecule has 6 nitrogen and oxygen atoms in total. The molecule has 1 aromatic heterocycles. The van der Waals surface area contributed by atoms with Gasteiger partial charge in [-0.1, -0.05) is 48.5 Å². The largest absolute Gasteiger partial charge is 0.508 e. The second kappa shape index (κ2) is 7.90. The van der Waals surface area contributed by atoms with E-state index in [0.717, 1.165) is 47.2 Å². The summed E-state index contributed by atoms with van der Waals surface area (Å²) in [4.78, 5) is 23.7. The van der Waals surface area contributed by atoms with E-state index in [0.29, 0.717) is 17.9 Å². The Hall–Kier alpha value is -3.90. The molecule has 1 amide bonds. The van der Waals surface area contributed by atoms with E-state index in [4.69, 9.17) is 4.98 Å². The Morgan fingerprint density at radius 3 is 2.70 bits per heavy atom. The van der Waals surface area contributed by atoms with Gasteiger partial charge in [0.05, 0.1) is 11.0 Å². The van der Waals surface area contributed by atoms with Gasteiger partial charge in [-0.25, -0.2) is 4.98 Å². The van der Waals surface area contributed by atoms with Crippen LogP contribution in [0.25, 0.3) is 16.6 Å². The summed E-state index contributed by atoms with van der Waals surface area (Å²) in [7, 11) is 0. The summed E-state index contributed by atoms with van der Waals surface area (Å²) in [5, 5.41) is 14.0. The van der Waals surface area contributed by atoms with Crippen LogP contribution in [0.4, 0.5) is 0 Å². The number of phenolic OH excluding ortho intramolecular Hbond substituents is 1. The number of para-hydroxylation sites is 3. The zero-order chi connectivity index (χ0) is 22.4. The van der Waals surface area contributed by atoms with Crippen LogP contribution in [0.15, 0.2) is 72.8 Å². The molecule has 0 saturated carbocycles. The van der Waals surface area contributed by atoms with E-state index in [1.807, 2.05) is 42.5 Å². The fraction of sp³-hybridized carbons (Fsp3) is 0.185. The highest BCUT2D eigenvalue weighted by atomic mass is 16.3. The first-order valence-electron chi connectivity index (χ1n) is 11.3. The zero-order valence-electron chi connectivity index (χ0n) is 18.1. The van der Waals surface area contributed by atoms with Crippen molar-refractivity contribution in [3.05, 3.63) is 101 Å². The number of carbonyl (C=O) groups excluding carboxylic acids is 1. The maximum absolute atomic E-state index is 13.7. The number of aromatic nitrogens is 2. The molecule has 164 valence electrons. The molecule has 1 atom stereocenters. The number of fused-ring (bicyclic) bond motifs is 2. The van der Waals surface area contributed by atoms with Crippen molar-refractivity contribution in [3.8, 4) is 5.75 Å². The molecule has 3 N–H and O–H groups in total. The average molecular weight is 437 g/mol. The Bertz CT molecular complexity index is 1370. The average Bonchev–Trinajstić information content (AvgIpc) is 3.42. The molecule has 33 heavy (non-hydrogen) atoms. The number of H-pyrrole nitrogens is 1. The lowest BCUT2D eigenvalue weighted by molar-refractivity contribution is 0.0724. The Kier molecular flexibility index (Phi) is 4.73. The number of carbonyl (C=O) groups is 1. The maximum Gasteiger partial charge on any atom is 0.255 e. The third-order valence-electron chi connectivity index (χ3n) is 6.59. The molecule has 0 bridgehead atoms. The summed E-state index contributed by atoms with van der Waals surface area (Å²) in [5.74, 6) is 0.738. The van der Waals surface area contributed by atoms with Crippen LogP contribution in [0.2, 0.25) is 0 Å². The number of nitrogens with zero attached hydrogens (tertiary/aromatic N) is 2. The molecule has 4 aromatic rings. The maximum atomic E-state index is 13.7. The minimum Gasteiger partial charge on any atom is -0.508 e. The minimum absolute atomic E-state index is 0.0462. The number of hydrogen-bond acceptors (Lipinski definition) is 4. The fourth-order valence-electron chi connectivity index (χ4n) is 4.90. The number of aromatic amines is 1. The molecular weight excluding hydrogens is 412 g/mol. The molecule has 6 heteroatoms. The van der Waals surface area contributed by atoms with Crippen molar-refractivity contribution >= 4 is 22.5 Å². The molecule has 3 heterocycles. The molecular formula is C27H24N4O2. The van der Waals surface area contributed by atoms with Gasteiger partial charge in [-0.15, -0.1) is 0 Å². The highest BCUT2D eigenvalue weighted by Gasteiger charge is 2.37. The first-order chi connectivity index (χ1) is 16.2. The Morgan fingerprint density at radius 2 is 1.88 bits per heavy atom. The molecule has 2 aliphatic rings. The monoisotopic (exact) mass is 436 g/mol. The molecule has 0 aliphatic carbocycles. The highest BCUT2D eigenvalue weighted by molar-refractivity contribution is 5.99. The number of imidazole rings is 1. The Balaban J connectivity index is 1.43. The van der Waals surface area contributed by atoms with Gasteiger partial charge in [0.1, 0.15) is 17.6 Å². The molecule has 0 fully saturated rings. The second-order valence-electron chi connectivity index (χ2n) is 8.59. The quantitative estimate of drug-likeness (QED) is 0.443. The van der Waals surface area contributed by atoms with Crippen LogP contribution in [0, 0.1) is 0 Å². The van der Waals surface area contributed by atoms with Crippen LogP contribution in [0.3, 0.4) is 0 Å². The molecule has 1 unspecified atom stereocenters. The van der Waals surface area contributed by atoms with Crippen LogP contribution in [-0.4, -0.2) is 39.0 Å². The van der Waals surface area contributed by atoms with Gasteiger partial charge >= 0.3 is 0 Å². The van der Waals surface area contributed by atoms with Crippen molar-refractivity contribution in [2.75, 3.05) is 13.1 Å². The summed E-state index contributed by atoms with van der Waals surface area (Å²) in [6, 6.07) is 20.6. The van der Waals surface area contributed by atoms with Crippen LogP contribution in [-0.2, 0) is 6.54 Å². The van der Waals surface area contributed by atoms with E-state index < -0.39 is 6.04 Å². The standard InChI is InChI=1S/C27H24N4O2/c32-24-8-4-1-5-20(24)25(26-29-22-6-2-3-7-23(22)30-26)31-16-19-10-9-18(15-21(19)27(31)33)17-11-13-28-14-12-17/h1-11,15,25,28,32H,12-14,16H2,(H,29,30). The van der Waals surface area contributed by atoms with E-state index in [-0.39, 0.29) is 11.7 Å². The van der Waals surface area contributed by atoms with E-state index in [9.17, 15) is 9.90 Å². The molecule has 3 aromatic carbocycles. The number of benzene rings is 3. The van der Waals surface area contributed by atoms with Crippen molar-refractivity contribution in [3.63, 3.8) is 0 Å². The lowest BCUT2D eigenvalue weighted by atomic mass is 9.97. The van der Waals surface area contributed by atoms with Gasteiger partial charge in [0.2, 0.25) is 0 Å². The van der Waals surface area contributed by atoms with E-state index in [1.165, 1.54) is 5.57 Å². The van der Waals surface area contributed by atoms with Crippen LogP contribution in [0.5, 0.6) is 5.75 Å². The van der Waals surface area contributed by atoms with Crippen molar-refractivity contribution in [2.45, 2.75) is 19.0 Å². The van der Waals surface area contributed by atoms with Crippen LogP contribution < -0.4 is 5.32 Å². The van der Waals surface area contributed by atoms with Gasteiger partial charge in [-0.2, -0.15) is 0 Å². The SMILES string of the molecule is O=C1c2cc(C3=CCNCC3)ccc2CN1C(c1nc2ccccc2[nH]1)c1ccccc1O. The van der Waals surface area contributed by atoms with Crippen molar-refractivity contribution in [1.82, 2.24) is 20.2 Å². The topological polar surface area (TPSA) is 81.2 Å². The molecule has 2 aliphatic heterocycles. The van der Waals surface area contributed by atoms with E-state index in [2.05, 4.69) is 28.5 Å². The predicted molar refractivity (Wildman–Crippen MR) is 128 cm³/mol. The smallest absolute Gasteiger partial charge is 0.255 e. The first-order valence-corrected chi connectivity index (χ1v) is 11.3. The van der Waals surface area contributed by atoms with Crippen molar-refractivity contribution in [2.24, 2.45) is 0 Å². The fourth-order valence-corrected chi connectivity index (χ4v) is 4.90. The lowest BCUT2D eigenvalue weighted by Crippen LogP contribution is -2.30. The minimum atomic E-state index is -0.528. The number of rotatable bonds is 4. The normalized spacial score (nSPS) is 16.7. The number of nitrogens with one attached hydrogen (secondary N) is 2. The van der Waals surface area contributed by atoms with Gasteiger partial charge in [0.15, 0.2) is 0 Å². The number of hydrogen-bond donors (Lipinski definition) is 3. The summed E-state index contributed by atoms with van der Waals surface area (Å²) in [6.07, 6.45) is 3.15. The van der Waals surface area contributed by atoms with Crippen LogP contribution in [0.1, 0.15) is 45.3 Å². The second-order valence-corrected chi connectivity index (χ2v) is 8.59. The third-order valence-corrected chi connectivity index (χ3v) is 6.59. The van der Waals surface area contributed by atoms with Gasteiger partial charge in [0, 0.05) is 24.2 Å². The lowest BCUT2D eigenvalue weighted by Gasteiger charge is -2.27. The molecule has 0 radical (unpaired) electrons. The molecule has 0 saturated heterocycles. The zero-order valence-corrected chi connectivity index (χ0v) is 18.1. The Labute approximate surface area is 191 Å². The first kappa shape index (κ1) is 19.8. The summed E-state index contributed by atoms with van der Waals surface area (Å²) in [5.41, 5.74) is 6.48. The third kappa shape index (κ3) is 3.39. The van der Waals surface area contributed by atoms with Gasteiger partial charge in [-0.05, 0) is 53.9 Å². The summed E-state index contributed by atoms with van der Waals surface area (Å²) in [6.45, 7) is 2.27. The van der Waals surface area contributed by atoms with E-state index in [1.54, 1.807) is 17.0 Å². The number of amides is 1. The van der Waals surface area contributed by atoms with Gasteiger partial charge < -0.3 is 20.3 Å². The van der Waals surface area contributed by atoms with Gasteiger partial charge in [0.25, 0.3) is 5.91 Å². The van der Waals surface area contributed by atoms with Gasteiger partial charge in [-0.3, -0.25) is 4.79 Å². The highest BCUT2D eigenvalue weighted by Crippen LogP contribution is 2.39. The Morgan fingerprint density at radius 1 is 1.03 bits per heavy atom. The van der Waals surface area contributed by atoms with Crippen molar-refractivity contribution in [1.29, 1.82) is 0 Å². The van der Waals surface area contributed by atoms with E-state index >= 15 is 0 Å². The van der Waals surface area contributed by atoms with Crippen molar-refractivity contribution < 1.29 is 9.90 Å². The molecule has 6 rings (SSSR count).